The van der Waals surface area contributed by atoms with E-state index >= 15 is 0 Å². The minimum absolute atomic E-state index is 0.0387. The van der Waals surface area contributed by atoms with Gasteiger partial charge in [0.1, 0.15) is 0 Å². The number of carbonyl (C=O) groups is 1. The van der Waals surface area contributed by atoms with Crippen molar-refractivity contribution in [3.8, 4) is 0 Å². The maximum Gasteiger partial charge on any atom is 0.228 e. The summed E-state index contributed by atoms with van der Waals surface area (Å²) in [6, 6.07) is 0. The molecular formula is C7H12N2OS3. The van der Waals surface area contributed by atoms with Crippen molar-refractivity contribution >= 4 is 45.3 Å². The van der Waals surface area contributed by atoms with Crippen molar-refractivity contribution in [2.75, 3.05) is 0 Å². The summed E-state index contributed by atoms with van der Waals surface area (Å²) in [6.07, 6.45) is 0.848. The number of rotatable bonds is 2. The minimum atomic E-state index is -0.0442. The van der Waals surface area contributed by atoms with Crippen LogP contribution in [0.4, 0.5) is 0 Å². The number of amidine groups is 1. The lowest BCUT2D eigenvalue weighted by atomic mass is 10.1. The van der Waals surface area contributed by atoms with E-state index in [2.05, 4.69) is 22.9 Å². The molecule has 1 rings (SSSR count). The molecule has 1 heterocycles. The van der Waals surface area contributed by atoms with E-state index in [1.54, 1.807) is 0 Å². The van der Waals surface area contributed by atoms with Crippen LogP contribution in [0, 0.1) is 5.92 Å². The van der Waals surface area contributed by atoms with Crippen molar-refractivity contribution in [2.24, 2.45) is 10.9 Å². The van der Waals surface area contributed by atoms with Gasteiger partial charge < -0.3 is 5.32 Å². The summed E-state index contributed by atoms with van der Waals surface area (Å²) in [5.41, 5.74) is 0. The molecule has 1 aliphatic rings. The molecule has 1 amide bonds. The van der Waals surface area contributed by atoms with Crippen LogP contribution >= 0.6 is 34.2 Å². The second kappa shape index (κ2) is 5.17. The quantitative estimate of drug-likeness (QED) is 0.570. The summed E-state index contributed by atoms with van der Waals surface area (Å²) in [4.78, 5) is 15.5. The van der Waals surface area contributed by atoms with Crippen LogP contribution in [0.15, 0.2) is 4.99 Å². The molecule has 13 heavy (non-hydrogen) atoms. The number of carbonyl (C=O) groups excluding carboxylic acids is 1. The third-order valence-corrected chi connectivity index (χ3v) is 4.64. The van der Waals surface area contributed by atoms with E-state index < -0.39 is 0 Å². The molecular weight excluding hydrogens is 224 g/mol. The molecule has 0 aromatic rings. The molecule has 0 aromatic heterocycles. The van der Waals surface area contributed by atoms with Crippen LogP contribution in [0.1, 0.15) is 20.3 Å². The standard InChI is InChI=1S/C7H12N2OS3/c1-3-4(2)5(10)8-6-9-7(11)13-12-6/h4,7,11H,3H2,1-2H3,(H,8,9,10). The highest BCUT2D eigenvalue weighted by molar-refractivity contribution is 8.84. The monoisotopic (exact) mass is 236 g/mol. The fraction of sp³-hybridized carbons (Fsp3) is 0.714. The number of thiol groups is 1. The number of nitrogens with one attached hydrogen (secondary N) is 1. The van der Waals surface area contributed by atoms with Crippen molar-refractivity contribution in [3.63, 3.8) is 0 Å². The smallest absolute Gasteiger partial charge is 0.228 e. The summed E-state index contributed by atoms with van der Waals surface area (Å²) in [5, 5.41) is 3.44. The molecule has 0 spiro atoms. The molecule has 0 fully saturated rings. The highest BCUT2D eigenvalue weighted by Crippen LogP contribution is 2.36. The van der Waals surface area contributed by atoms with Crippen molar-refractivity contribution in [2.45, 2.75) is 25.0 Å². The van der Waals surface area contributed by atoms with Gasteiger partial charge in [-0.05, 0) is 28.0 Å². The first-order valence-electron chi connectivity index (χ1n) is 4.03. The fourth-order valence-electron chi connectivity index (χ4n) is 0.699. The van der Waals surface area contributed by atoms with E-state index in [1.807, 2.05) is 13.8 Å². The zero-order chi connectivity index (χ0) is 9.84. The Morgan fingerprint density at radius 3 is 3.00 bits per heavy atom. The SMILES string of the molecule is CCC(C)C(=O)NC1=NC(S)SS1. The summed E-state index contributed by atoms with van der Waals surface area (Å²) >= 11 is 4.15. The van der Waals surface area contributed by atoms with Crippen LogP contribution in [0.2, 0.25) is 0 Å². The first kappa shape index (κ1) is 11.3. The van der Waals surface area contributed by atoms with E-state index in [0.29, 0.717) is 5.17 Å². The highest BCUT2D eigenvalue weighted by Gasteiger charge is 2.19. The molecule has 0 aromatic carbocycles. The molecule has 1 N–H and O–H groups in total. The highest BCUT2D eigenvalue weighted by atomic mass is 33.1. The van der Waals surface area contributed by atoms with Crippen LogP contribution < -0.4 is 5.32 Å². The number of aliphatic imine (C=N–C) groups is 1. The predicted molar refractivity (Wildman–Crippen MR) is 63.0 cm³/mol. The maximum atomic E-state index is 11.4. The van der Waals surface area contributed by atoms with Gasteiger partial charge in [0, 0.05) is 5.92 Å². The number of nitrogens with zero attached hydrogens (tertiary/aromatic N) is 1. The molecule has 2 unspecified atom stereocenters. The maximum absolute atomic E-state index is 11.4. The molecule has 3 nitrogen and oxygen atoms in total. The van der Waals surface area contributed by atoms with Gasteiger partial charge in [0.05, 0.1) is 0 Å². The van der Waals surface area contributed by atoms with E-state index in [-0.39, 0.29) is 16.5 Å². The first-order valence-corrected chi connectivity index (χ1v) is 6.76. The van der Waals surface area contributed by atoms with Crippen LogP contribution in [-0.2, 0) is 4.79 Å². The Morgan fingerprint density at radius 1 is 1.85 bits per heavy atom. The zero-order valence-corrected chi connectivity index (χ0v) is 10.0. The van der Waals surface area contributed by atoms with Crippen LogP contribution in [0.3, 0.4) is 0 Å². The first-order chi connectivity index (χ1) is 6.13. The Balaban J connectivity index is 2.41. The largest absolute Gasteiger partial charge is 0.304 e. The van der Waals surface area contributed by atoms with E-state index in [4.69, 9.17) is 0 Å². The summed E-state index contributed by atoms with van der Waals surface area (Å²) in [5.74, 6) is 0.0871. The predicted octanol–water partition coefficient (Wildman–Crippen LogP) is 2.11. The summed E-state index contributed by atoms with van der Waals surface area (Å²) in [6.45, 7) is 3.89. The number of hydrogen-bond donors (Lipinski definition) is 2. The lowest BCUT2D eigenvalue weighted by Crippen LogP contribution is -2.31. The van der Waals surface area contributed by atoms with Gasteiger partial charge in [0.25, 0.3) is 0 Å². The van der Waals surface area contributed by atoms with Gasteiger partial charge in [-0.2, -0.15) is 0 Å². The third kappa shape index (κ3) is 3.44. The average Bonchev–Trinajstić information content (AvgIpc) is 2.49. The fourth-order valence-corrected chi connectivity index (χ4v) is 2.88. The Kier molecular flexibility index (Phi) is 4.48. The van der Waals surface area contributed by atoms with Gasteiger partial charge in [0.15, 0.2) is 9.87 Å². The van der Waals surface area contributed by atoms with Gasteiger partial charge in [-0.15, -0.1) is 12.6 Å². The number of amides is 1. The minimum Gasteiger partial charge on any atom is -0.304 e. The van der Waals surface area contributed by atoms with Gasteiger partial charge in [-0.3, -0.25) is 4.79 Å². The molecule has 0 bridgehead atoms. The average molecular weight is 236 g/mol. The molecule has 1 aliphatic heterocycles. The molecule has 2 atom stereocenters. The molecule has 0 aliphatic carbocycles. The zero-order valence-electron chi connectivity index (χ0n) is 7.48. The molecule has 0 saturated carbocycles. The van der Waals surface area contributed by atoms with Crippen LogP contribution in [0.25, 0.3) is 0 Å². The topological polar surface area (TPSA) is 41.5 Å². The van der Waals surface area contributed by atoms with Gasteiger partial charge >= 0.3 is 0 Å². The number of hydrogen-bond acceptors (Lipinski definition) is 5. The molecule has 6 heteroatoms. The van der Waals surface area contributed by atoms with E-state index in [9.17, 15) is 4.79 Å². The lowest BCUT2D eigenvalue weighted by molar-refractivity contribution is -0.123. The van der Waals surface area contributed by atoms with Crippen LogP contribution in [-0.4, -0.2) is 15.8 Å². The Bertz CT molecular complexity index is 232. The van der Waals surface area contributed by atoms with E-state index in [0.717, 1.165) is 6.42 Å². The van der Waals surface area contributed by atoms with E-state index in [1.165, 1.54) is 21.6 Å². The normalized spacial score (nSPS) is 23.9. The second-order valence-corrected chi connectivity index (χ2v) is 5.85. The summed E-state index contributed by atoms with van der Waals surface area (Å²) < 4.78 is -0.0442. The van der Waals surface area contributed by atoms with Crippen molar-refractivity contribution in [1.29, 1.82) is 0 Å². The van der Waals surface area contributed by atoms with Crippen molar-refractivity contribution in [3.05, 3.63) is 0 Å². The summed E-state index contributed by atoms with van der Waals surface area (Å²) in [7, 11) is 2.99. The second-order valence-electron chi connectivity index (χ2n) is 2.74. The Morgan fingerprint density at radius 2 is 2.54 bits per heavy atom. The van der Waals surface area contributed by atoms with Crippen LogP contribution in [0.5, 0.6) is 0 Å². The molecule has 0 saturated heterocycles. The molecule has 74 valence electrons. The lowest BCUT2D eigenvalue weighted by Gasteiger charge is -2.07. The van der Waals surface area contributed by atoms with Gasteiger partial charge in [-0.1, -0.05) is 13.8 Å². The van der Waals surface area contributed by atoms with Gasteiger partial charge in [0.2, 0.25) is 5.91 Å². The van der Waals surface area contributed by atoms with Crippen molar-refractivity contribution < 1.29 is 4.79 Å². The Hall–Kier alpha value is 0.190. The Labute approximate surface area is 91.3 Å². The molecule has 0 radical (unpaired) electrons. The third-order valence-electron chi connectivity index (χ3n) is 1.73. The van der Waals surface area contributed by atoms with Gasteiger partial charge in [-0.25, -0.2) is 4.99 Å². The van der Waals surface area contributed by atoms with Crippen molar-refractivity contribution in [1.82, 2.24) is 5.32 Å².